The normalized spacial score (nSPS) is 19.0. The zero-order chi connectivity index (χ0) is 31.4. The largest absolute Gasteiger partial charge is 0.514 e. The molecule has 232 valence electrons. The summed E-state index contributed by atoms with van der Waals surface area (Å²) in [4.78, 5) is 46.6. The second kappa shape index (κ2) is 11.4. The van der Waals surface area contributed by atoms with E-state index >= 15 is 4.39 Å². The number of carbonyl (C=O) groups excluding carboxylic acids is 2. The first-order valence-electron chi connectivity index (χ1n) is 14.1. The molecule has 1 aliphatic carbocycles. The number of amides is 1. The molecule has 1 saturated heterocycles. The maximum absolute atomic E-state index is 15.8. The highest BCUT2D eigenvalue weighted by molar-refractivity contribution is 7.13. The van der Waals surface area contributed by atoms with Crippen LogP contribution in [0.25, 0.3) is 21.7 Å². The first-order valence-corrected chi connectivity index (χ1v) is 15.0. The van der Waals surface area contributed by atoms with Gasteiger partial charge in [0.15, 0.2) is 17.3 Å². The van der Waals surface area contributed by atoms with Crippen LogP contribution in [0.15, 0.2) is 59.0 Å². The van der Waals surface area contributed by atoms with Crippen LogP contribution in [-0.4, -0.2) is 72.4 Å². The van der Waals surface area contributed by atoms with Crippen LogP contribution >= 0.6 is 11.3 Å². The van der Waals surface area contributed by atoms with Crippen LogP contribution in [-0.2, 0) is 14.2 Å². The molecule has 2 aliphatic heterocycles. The molecule has 45 heavy (non-hydrogen) atoms. The van der Waals surface area contributed by atoms with Gasteiger partial charge in [-0.25, -0.2) is 18.6 Å². The Kier molecular flexibility index (Phi) is 7.34. The zero-order valence-corrected chi connectivity index (χ0v) is 24.9. The van der Waals surface area contributed by atoms with Gasteiger partial charge in [0.05, 0.1) is 41.9 Å². The number of ether oxygens (including phenoxy) is 4. The van der Waals surface area contributed by atoms with E-state index < -0.39 is 53.2 Å². The number of aromatic nitrogens is 2. The van der Waals surface area contributed by atoms with Crippen LogP contribution in [0.5, 0.6) is 5.75 Å². The molecule has 0 radical (unpaired) electrons. The summed E-state index contributed by atoms with van der Waals surface area (Å²) >= 11 is 1.30. The number of thiazole rings is 1. The fraction of sp³-hybridized carbons (Fsp3) is 0.290. The quantitative estimate of drug-likeness (QED) is 0.296. The van der Waals surface area contributed by atoms with Crippen LogP contribution in [0, 0.1) is 11.6 Å². The summed E-state index contributed by atoms with van der Waals surface area (Å²) in [5.41, 5.74) is 2.76. The van der Waals surface area contributed by atoms with Gasteiger partial charge in [0.2, 0.25) is 11.2 Å². The number of pyridine rings is 1. The monoisotopic (exact) mass is 636 g/mol. The van der Waals surface area contributed by atoms with Gasteiger partial charge in [-0.05, 0) is 29.7 Å². The third-order valence-corrected chi connectivity index (χ3v) is 8.89. The molecule has 0 bridgehead atoms. The van der Waals surface area contributed by atoms with Crippen molar-refractivity contribution >= 4 is 23.4 Å². The van der Waals surface area contributed by atoms with Crippen LogP contribution < -0.4 is 15.2 Å². The number of nitrogens with zero attached hydrogens (tertiary/aromatic N) is 4. The molecular formula is C31H26F2N4O7S. The van der Waals surface area contributed by atoms with Gasteiger partial charge in [-0.2, -0.15) is 0 Å². The molecule has 7 rings (SSSR count). The van der Waals surface area contributed by atoms with Gasteiger partial charge in [-0.1, -0.05) is 30.3 Å². The third-order valence-electron chi connectivity index (χ3n) is 8.03. The Morgan fingerprint density at radius 3 is 2.80 bits per heavy atom. The summed E-state index contributed by atoms with van der Waals surface area (Å²) < 4.78 is 53.6. The topological polar surface area (TPSA) is 112 Å². The summed E-state index contributed by atoms with van der Waals surface area (Å²) in [5, 5.41) is 1.77. The fourth-order valence-corrected chi connectivity index (χ4v) is 7.05. The third kappa shape index (κ3) is 4.67. The lowest BCUT2D eigenvalue weighted by molar-refractivity contribution is -0.0199. The van der Waals surface area contributed by atoms with Crippen molar-refractivity contribution in [2.45, 2.75) is 25.2 Å². The molecule has 4 aromatic rings. The average Bonchev–Trinajstić information content (AvgIpc) is 3.47. The molecule has 0 saturated carbocycles. The SMILES string of the molecule is COC[C@@H](C)OC(=O)Oc1c2n(ccc1=O)N(C1c3ccccc3-c3scnc3-c3c1ccc(F)c3F)C1COCCN1C2=O. The Balaban J connectivity index is 1.47. The molecule has 2 aromatic carbocycles. The van der Waals surface area contributed by atoms with Crippen molar-refractivity contribution in [3.05, 3.63) is 92.9 Å². The highest BCUT2D eigenvalue weighted by Gasteiger charge is 2.47. The lowest BCUT2D eigenvalue weighted by Gasteiger charge is -2.51. The predicted molar refractivity (Wildman–Crippen MR) is 158 cm³/mol. The molecule has 2 unspecified atom stereocenters. The Bertz CT molecular complexity index is 1900. The van der Waals surface area contributed by atoms with Gasteiger partial charge in [0.25, 0.3) is 5.91 Å². The van der Waals surface area contributed by atoms with E-state index in [4.69, 9.17) is 18.9 Å². The van der Waals surface area contributed by atoms with E-state index in [2.05, 4.69) is 4.98 Å². The minimum atomic E-state index is -1.19. The van der Waals surface area contributed by atoms with Gasteiger partial charge >= 0.3 is 6.16 Å². The number of hydrogen-bond donors (Lipinski definition) is 0. The number of fused-ring (bicyclic) bond motifs is 7. The average molecular weight is 637 g/mol. The van der Waals surface area contributed by atoms with E-state index in [1.54, 1.807) is 17.4 Å². The van der Waals surface area contributed by atoms with Crippen molar-refractivity contribution in [2.75, 3.05) is 38.5 Å². The van der Waals surface area contributed by atoms with E-state index in [1.165, 1.54) is 40.3 Å². The van der Waals surface area contributed by atoms with Crippen molar-refractivity contribution in [3.63, 3.8) is 0 Å². The maximum atomic E-state index is 15.8. The highest BCUT2D eigenvalue weighted by Crippen LogP contribution is 2.50. The number of methoxy groups -OCH3 is 1. The molecule has 3 aliphatic rings. The number of hydrogen-bond acceptors (Lipinski definition) is 10. The van der Waals surface area contributed by atoms with E-state index in [0.29, 0.717) is 21.7 Å². The molecule has 0 spiro atoms. The van der Waals surface area contributed by atoms with Crippen LogP contribution in [0.3, 0.4) is 0 Å². The molecule has 1 amide bonds. The Labute approximate surface area is 259 Å². The number of carbonyl (C=O) groups is 2. The van der Waals surface area contributed by atoms with E-state index in [0.717, 1.165) is 17.7 Å². The number of morpholine rings is 1. The second-order valence-corrected chi connectivity index (χ2v) is 11.6. The molecule has 3 atom stereocenters. The van der Waals surface area contributed by atoms with Gasteiger partial charge in [-0.15, -0.1) is 11.3 Å². The lowest BCUT2D eigenvalue weighted by Crippen LogP contribution is -2.66. The van der Waals surface area contributed by atoms with Crippen LogP contribution in [0.1, 0.15) is 34.6 Å². The minimum absolute atomic E-state index is 0.0117. The highest BCUT2D eigenvalue weighted by atomic mass is 32.1. The number of benzene rings is 2. The van der Waals surface area contributed by atoms with Crippen LogP contribution in [0.4, 0.5) is 13.6 Å². The van der Waals surface area contributed by atoms with Crippen molar-refractivity contribution in [1.82, 2.24) is 14.6 Å². The van der Waals surface area contributed by atoms with Gasteiger partial charge in [0.1, 0.15) is 12.3 Å². The Morgan fingerprint density at radius 2 is 1.98 bits per heavy atom. The molecular weight excluding hydrogens is 610 g/mol. The Morgan fingerprint density at radius 1 is 1.16 bits per heavy atom. The summed E-state index contributed by atoms with van der Waals surface area (Å²) in [5.74, 6) is -3.19. The first kappa shape index (κ1) is 29.1. The van der Waals surface area contributed by atoms with Crippen molar-refractivity contribution < 1.29 is 37.3 Å². The maximum Gasteiger partial charge on any atom is 0.514 e. The number of rotatable bonds is 5. The lowest BCUT2D eigenvalue weighted by atomic mass is 9.92. The predicted octanol–water partition coefficient (Wildman–Crippen LogP) is 4.32. The second-order valence-electron chi connectivity index (χ2n) is 10.7. The molecule has 11 nitrogen and oxygen atoms in total. The van der Waals surface area contributed by atoms with Crippen molar-refractivity contribution in [3.8, 4) is 27.4 Å². The fourth-order valence-electron chi connectivity index (χ4n) is 6.20. The van der Waals surface area contributed by atoms with E-state index in [-0.39, 0.29) is 37.6 Å². The summed E-state index contributed by atoms with van der Waals surface area (Å²) in [6, 6.07) is 10.3. The number of halogens is 2. The van der Waals surface area contributed by atoms with Gasteiger partial charge < -0.3 is 23.8 Å². The van der Waals surface area contributed by atoms with Crippen molar-refractivity contribution in [1.29, 1.82) is 0 Å². The standard InChI is InChI=1S/C31H26F2N4O7S/c1-16(13-41-2)43-31(40)44-28-21(38)9-10-36-27(28)30(39)35-11-12-42-14-22(35)37(36)26-17-5-3-4-6-18(17)29-25(34-15-45-29)23-19(26)7-8-20(32)24(23)33/h3-10,15-16,22,26H,11-14H2,1-2H3/t16-,22?,26?/m1/s1. The summed E-state index contributed by atoms with van der Waals surface area (Å²) in [7, 11) is 1.44. The van der Waals surface area contributed by atoms with Crippen molar-refractivity contribution in [2.24, 2.45) is 0 Å². The minimum Gasteiger partial charge on any atom is -0.429 e. The van der Waals surface area contributed by atoms with E-state index in [9.17, 15) is 18.8 Å². The smallest absolute Gasteiger partial charge is 0.429 e. The molecule has 4 heterocycles. The van der Waals surface area contributed by atoms with E-state index in [1.807, 2.05) is 24.3 Å². The summed E-state index contributed by atoms with van der Waals surface area (Å²) in [6.45, 7) is 2.12. The molecule has 0 N–H and O–H groups in total. The molecule has 1 fully saturated rings. The first-order chi connectivity index (χ1) is 21.8. The zero-order valence-electron chi connectivity index (χ0n) is 24.1. The Hall–Kier alpha value is -4.66. The van der Waals surface area contributed by atoms with Gasteiger partial charge in [0, 0.05) is 31.5 Å². The molecule has 2 aromatic heterocycles. The van der Waals surface area contributed by atoms with Crippen LogP contribution in [0.2, 0.25) is 0 Å². The molecule has 14 heteroatoms. The van der Waals surface area contributed by atoms with Gasteiger partial charge in [-0.3, -0.25) is 19.3 Å². The summed E-state index contributed by atoms with van der Waals surface area (Å²) in [6.07, 6.45) is -1.22.